The summed E-state index contributed by atoms with van der Waals surface area (Å²) in [5.41, 5.74) is 0.210. The first kappa shape index (κ1) is 24.9. The third-order valence-corrected chi connectivity index (χ3v) is 7.91. The van der Waals surface area contributed by atoms with Gasteiger partial charge in [-0.15, -0.1) is 0 Å². The molecule has 1 aromatic carbocycles. The molecule has 2 fully saturated rings. The molecule has 1 saturated carbocycles. The zero-order valence-corrected chi connectivity index (χ0v) is 19.1. The van der Waals surface area contributed by atoms with Crippen molar-refractivity contribution < 1.29 is 30.8 Å². The number of nitrogens with zero attached hydrogens (tertiary/aromatic N) is 4. The van der Waals surface area contributed by atoms with Crippen LogP contribution in [0, 0.1) is 17.2 Å². The fourth-order valence-electron chi connectivity index (χ4n) is 4.49. The van der Waals surface area contributed by atoms with Crippen LogP contribution in [0.25, 0.3) is 0 Å². The van der Waals surface area contributed by atoms with Crippen LogP contribution in [0.1, 0.15) is 35.7 Å². The molecule has 2 aromatic rings. The van der Waals surface area contributed by atoms with Crippen molar-refractivity contribution in [3.63, 3.8) is 0 Å². The van der Waals surface area contributed by atoms with Crippen LogP contribution in [-0.4, -0.2) is 59.8 Å². The van der Waals surface area contributed by atoms with Gasteiger partial charge in [-0.1, -0.05) is 0 Å². The molecule has 1 aromatic heterocycles. The van der Waals surface area contributed by atoms with Gasteiger partial charge in [0.1, 0.15) is 11.7 Å². The fourth-order valence-corrected chi connectivity index (χ4v) is 5.26. The SMILES string of the molecule is N#C[C@H]1C[C@@H](N2CC(F)C2)CC[C@@H]1n1cc(C(N)=O)c(Nc2ccc(S(=O)(=O)C(F)(F)F)cc2)n1. The molecule has 1 aliphatic heterocycles. The number of primary amides is 1. The Morgan fingerprint density at radius 3 is 2.40 bits per heavy atom. The smallest absolute Gasteiger partial charge is 0.365 e. The maximum atomic E-state index is 13.2. The maximum absolute atomic E-state index is 13.2. The van der Waals surface area contributed by atoms with Crippen LogP contribution in [0.4, 0.5) is 29.1 Å². The standard InChI is InChI=1S/C21H22F4N6O3S/c22-13-9-30(10-13)15-3-6-18(12(7-15)8-26)31-11-17(19(27)32)20(29-31)28-14-1-4-16(5-2-14)35(33,34)21(23,24)25/h1-2,4-5,11-13,15,18H,3,6-7,9-10H2,(H2,27,32)(H,28,29)/t12-,15+,18+/m1/s1. The lowest BCUT2D eigenvalue weighted by Crippen LogP contribution is -2.55. The third kappa shape index (κ3) is 4.83. The predicted molar refractivity (Wildman–Crippen MR) is 116 cm³/mol. The topological polar surface area (TPSA) is 134 Å². The van der Waals surface area contributed by atoms with E-state index in [0.717, 1.165) is 30.7 Å². The van der Waals surface area contributed by atoms with Gasteiger partial charge in [0, 0.05) is 31.0 Å². The molecular weight excluding hydrogens is 492 g/mol. The number of anilines is 2. The van der Waals surface area contributed by atoms with Crippen LogP contribution >= 0.6 is 0 Å². The molecule has 2 heterocycles. The number of benzene rings is 1. The minimum absolute atomic E-state index is 0.00110. The second-order valence-electron chi connectivity index (χ2n) is 8.66. The van der Waals surface area contributed by atoms with E-state index < -0.39 is 38.2 Å². The maximum Gasteiger partial charge on any atom is 0.501 e. The number of sulfone groups is 1. The number of carbonyl (C=O) groups is 1. The van der Waals surface area contributed by atoms with Crippen LogP contribution in [0.3, 0.4) is 0 Å². The van der Waals surface area contributed by atoms with Crippen LogP contribution in [-0.2, 0) is 9.84 Å². The van der Waals surface area contributed by atoms with E-state index in [1.165, 1.54) is 10.9 Å². The summed E-state index contributed by atoms with van der Waals surface area (Å²) >= 11 is 0. The van der Waals surface area contributed by atoms with E-state index in [9.17, 15) is 36.0 Å². The molecule has 0 unspecified atom stereocenters. The molecule has 3 atom stereocenters. The average Bonchev–Trinajstić information content (AvgIpc) is 3.20. The van der Waals surface area contributed by atoms with E-state index in [-0.39, 0.29) is 29.2 Å². The molecule has 1 aliphatic carbocycles. The van der Waals surface area contributed by atoms with Gasteiger partial charge in [0.15, 0.2) is 5.82 Å². The highest BCUT2D eigenvalue weighted by Crippen LogP contribution is 2.38. The van der Waals surface area contributed by atoms with Crippen molar-refractivity contribution in [1.82, 2.24) is 14.7 Å². The van der Waals surface area contributed by atoms with E-state index >= 15 is 0 Å². The van der Waals surface area contributed by atoms with Gasteiger partial charge in [0.2, 0.25) is 0 Å². The third-order valence-electron chi connectivity index (χ3n) is 6.40. The van der Waals surface area contributed by atoms with Crippen LogP contribution in [0.15, 0.2) is 35.4 Å². The van der Waals surface area contributed by atoms with Gasteiger partial charge in [-0.2, -0.15) is 23.5 Å². The number of alkyl halides is 4. The number of hydrogen-bond donors (Lipinski definition) is 2. The van der Waals surface area contributed by atoms with Crippen molar-refractivity contribution >= 4 is 27.2 Å². The molecule has 0 radical (unpaired) electrons. The van der Waals surface area contributed by atoms with Crippen molar-refractivity contribution in [1.29, 1.82) is 5.26 Å². The quantitative estimate of drug-likeness (QED) is 0.566. The molecule has 35 heavy (non-hydrogen) atoms. The van der Waals surface area contributed by atoms with E-state index in [1.807, 2.05) is 4.90 Å². The van der Waals surface area contributed by atoms with Crippen LogP contribution in [0.2, 0.25) is 0 Å². The Bertz CT molecular complexity index is 1250. The number of amides is 1. The summed E-state index contributed by atoms with van der Waals surface area (Å²) in [5.74, 6) is -1.23. The number of rotatable bonds is 6. The highest BCUT2D eigenvalue weighted by molar-refractivity contribution is 7.92. The Labute approximate surface area is 198 Å². The molecule has 1 saturated heterocycles. The number of nitrogens with one attached hydrogen (secondary N) is 1. The minimum atomic E-state index is -5.50. The van der Waals surface area contributed by atoms with Crippen molar-refractivity contribution in [2.24, 2.45) is 11.7 Å². The Balaban J connectivity index is 1.53. The molecule has 3 N–H and O–H groups in total. The van der Waals surface area contributed by atoms with Gasteiger partial charge in [-0.05, 0) is 43.5 Å². The second-order valence-corrected chi connectivity index (χ2v) is 10.6. The summed E-state index contributed by atoms with van der Waals surface area (Å²) < 4.78 is 76.0. The number of carbonyl (C=O) groups excluding carboxylic acids is 1. The first-order chi connectivity index (χ1) is 16.4. The van der Waals surface area contributed by atoms with E-state index in [1.54, 1.807) is 0 Å². The lowest BCUT2D eigenvalue weighted by atomic mass is 9.81. The monoisotopic (exact) mass is 514 g/mol. The molecule has 14 heteroatoms. The summed E-state index contributed by atoms with van der Waals surface area (Å²) in [5, 5.41) is 16.8. The number of nitrogens with two attached hydrogens (primary N) is 1. The molecule has 9 nitrogen and oxygen atoms in total. The van der Waals surface area contributed by atoms with Gasteiger partial charge in [-0.3, -0.25) is 14.4 Å². The van der Waals surface area contributed by atoms with Crippen LogP contribution in [0.5, 0.6) is 0 Å². The molecule has 0 bridgehead atoms. The molecule has 2 aliphatic rings. The highest BCUT2D eigenvalue weighted by atomic mass is 32.2. The second kappa shape index (κ2) is 9.12. The van der Waals surface area contributed by atoms with Gasteiger partial charge in [-0.25, -0.2) is 12.8 Å². The highest BCUT2D eigenvalue weighted by Gasteiger charge is 2.46. The Morgan fingerprint density at radius 1 is 1.20 bits per heavy atom. The molecule has 188 valence electrons. The summed E-state index contributed by atoms with van der Waals surface area (Å²) in [4.78, 5) is 13.1. The lowest BCUT2D eigenvalue weighted by molar-refractivity contribution is -0.0436. The van der Waals surface area contributed by atoms with Crippen molar-refractivity contribution in [2.75, 3.05) is 18.4 Å². The largest absolute Gasteiger partial charge is 0.501 e. The number of aromatic nitrogens is 2. The fraction of sp³-hybridized carbons (Fsp3) is 0.476. The number of halogens is 4. The van der Waals surface area contributed by atoms with Crippen molar-refractivity contribution in [3.8, 4) is 6.07 Å². The summed E-state index contributed by atoms with van der Waals surface area (Å²) in [6.07, 6.45) is 2.38. The zero-order chi connectivity index (χ0) is 25.5. The van der Waals surface area contributed by atoms with Gasteiger partial charge in [0.25, 0.3) is 15.7 Å². The summed E-state index contributed by atoms with van der Waals surface area (Å²) in [6.45, 7) is 0.719. The number of likely N-dealkylation sites (tertiary alicyclic amines) is 1. The molecule has 1 amide bonds. The van der Waals surface area contributed by atoms with Crippen molar-refractivity contribution in [3.05, 3.63) is 36.0 Å². The lowest BCUT2D eigenvalue weighted by Gasteiger charge is -2.44. The zero-order valence-electron chi connectivity index (χ0n) is 18.2. The molecular formula is C21H22F4N6O3S. The van der Waals surface area contributed by atoms with Crippen LogP contribution < -0.4 is 11.1 Å². The first-order valence-corrected chi connectivity index (χ1v) is 12.2. The molecule has 0 spiro atoms. The van der Waals surface area contributed by atoms with Crippen molar-refractivity contribution in [2.45, 2.75) is 47.9 Å². The Morgan fingerprint density at radius 2 is 1.86 bits per heavy atom. The van der Waals surface area contributed by atoms with E-state index in [0.29, 0.717) is 25.9 Å². The first-order valence-electron chi connectivity index (χ1n) is 10.8. The Kier molecular flexibility index (Phi) is 6.50. The van der Waals surface area contributed by atoms with Gasteiger partial charge < -0.3 is 11.1 Å². The normalized spacial score (nSPS) is 23.9. The minimum Gasteiger partial charge on any atom is -0.365 e. The summed E-state index contributed by atoms with van der Waals surface area (Å²) in [6, 6.07) is 5.80. The average molecular weight is 515 g/mol. The van der Waals surface area contributed by atoms with Gasteiger partial charge in [0.05, 0.1) is 22.9 Å². The van der Waals surface area contributed by atoms with Gasteiger partial charge >= 0.3 is 5.51 Å². The summed E-state index contributed by atoms with van der Waals surface area (Å²) in [7, 11) is -5.50. The number of nitriles is 1. The number of hydrogen-bond acceptors (Lipinski definition) is 7. The van der Waals surface area contributed by atoms with E-state index in [2.05, 4.69) is 16.5 Å². The Hall–Kier alpha value is -3.18. The predicted octanol–water partition coefficient (Wildman–Crippen LogP) is 2.91. The molecule has 4 rings (SSSR count). The van der Waals surface area contributed by atoms with E-state index in [4.69, 9.17) is 5.73 Å².